The van der Waals surface area contributed by atoms with Crippen molar-refractivity contribution in [2.75, 3.05) is 7.11 Å². The van der Waals surface area contributed by atoms with E-state index in [1.54, 1.807) is 6.92 Å². The maximum absolute atomic E-state index is 11.2. The van der Waals surface area contributed by atoms with Crippen molar-refractivity contribution in [3.63, 3.8) is 0 Å². The van der Waals surface area contributed by atoms with Crippen LogP contribution >= 0.6 is 0 Å². The van der Waals surface area contributed by atoms with Crippen molar-refractivity contribution >= 4 is 12.0 Å². The zero-order valence-corrected chi connectivity index (χ0v) is 9.77. The van der Waals surface area contributed by atoms with Crippen LogP contribution < -0.4 is 4.74 Å². The second-order valence-corrected chi connectivity index (χ2v) is 3.32. The van der Waals surface area contributed by atoms with Gasteiger partial charge in [0.05, 0.1) is 7.11 Å². The Morgan fingerprint density at radius 1 is 1.38 bits per heavy atom. The summed E-state index contributed by atoms with van der Waals surface area (Å²) in [6, 6.07) is 7.55. The molecular formula is C13H16O3. The van der Waals surface area contributed by atoms with Gasteiger partial charge in [-0.25, -0.2) is 4.79 Å². The van der Waals surface area contributed by atoms with Crippen LogP contribution in [0.4, 0.5) is 0 Å². The first-order chi connectivity index (χ1) is 7.69. The molecule has 0 aliphatic carbocycles. The highest BCUT2D eigenvalue weighted by Crippen LogP contribution is 2.20. The summed E-state index contributed by atoms with van der Waals surface area (Å²) in [5.41, 5.74) is 0.945. The summed E-state index contributed by atoms with van der Waals surface area (Å²) < 4.78 is 10.1. The van der Waals surface area contributed by atoms with Crippen molar-refractivity contribution in [3.8, 4) is 5.75 Å². The molecule has 1 unspecified atom stereocenters. The molecule has 0 radical (unpaired) electrons. The molecule has 0 heterocycles. The number of carbonyl (C=O) groups excluding carboxylic acids is 1. The maximum Gasteiger partial charge on any atom is 0.346 e. The van der Waals surface area contributed by atoms with Crippen molar-refractivity contribution in [1.29, 1.82) is 0 Å². The molecule has 3 heteroatoms. The summed E-state index contributed by atoms with van der Waals surface area (Å²) in [7, 11) is 1.35. The van der Waals surface area contributed by atoms with E-state index in [4.69, 9.17) is 4.74 Å². The molecule has 1 rings (SSSR count). The molecule has 0 saturated carbocycles. The molecule has 16 heavy (non-hydrogen) atoms. The summed E-state index contributed by atoms with van der Waals surface area (Å²) in [5, 5.41) is 0. The Hall–Kier alpha value is -1.77. The Labute approximate surface area is 95.7 Å². The monoisotopic (exact) mass is 220 g/mol. The summed E-state index contributed by atoms with van der Waals surface area (Å²) in [6.45, 7) is 3.60. The minimum absolute atomic E-state index is 0.379. The van der Waals surface area contributed by atoms with Crippen molar-refractivity contribution in [2.45, 2.75) is 20.0 Å². The minimum atomic E-state index is -0.601. The van der Waals surface area contributed by atoms with Crippen LogP contribution in [0.2, 0.25) is 0 Å². The van der Waals surface area contributed by atoms with Crippen LogP contribution in [0, 0.1) is 0 Å². The molecule has 0 aliphatic rings. The number of carbonyl (C=O) groups is 1. The Bertz CT molecular complexity index is 383. The van der Waals surface area contributed by atoms with Gasteiger partial charge in [0.25, 0.3) is 0 Å². The smallest absolute Gasteiger partial charge is 0.346 e. The molecule has 0 spiro atoms. The van der Waals surface area contributed by atoms with Crippen molar-refractivity contribution < 1.29 is 14.3 Å². The topological polar surface area (TPSA) is 35.5 Å². The van der Waals surface area contributed by atoms with E-state index in [9.17, 15) is 4.79 Å². The highest BCUT2D eigenvalue weighted by Gasteiger charge is 2.15. The highest BCUT2D eigenvalue weighted by molar-refractivity contribution is 5.74. The molecule has 1 aromatic carbocycles. The van der Waals surface area contributed by atoms with Crippen LogP contribution in [0.25, 0.3) is 6.08 Å². The molecular weight excluding hydrogens is 204 g/mol. The lowest BCUT2D eigenvalue weighted by Gasteiger charge is -2.14. The molecule has 1 aromatic rings. The third-order valence-electron chi connectivity index (χ3n) is 2.10. The number of rotatable bonds is 4. The molecule has 3 nitrogen and oxygen atoms in total. The van der Waals surface area contributed by atoms with Gasteiger partial charge in [-0.3, -0.25) is 0 Å². The lowest BCUT2D eigenvalue weighted by molar-refractivity contribution is -0.147. The molecule has 0 aliphatic heterocycles. The predicted molar refractivity (Wildman–Crippen MR) is 63.3 cm³/mol. The summed E-state index contributed by atoms with van der Waals surface area (Å²) >= 11 is 0. The van der Waals surface area contributed by atoms with Crippen LogP contribution in [-0.4, -0.2) is 19.2 Å². The predicted octanol–water partition coefficient (Wildman–Crippen LogP) is 2.66. The molecule has 0 N–H and O–H groups in total. The summed E-state index contributed by atoms with van der Waals surface area (Å²) in [6.07, 6.45) is 3.25. The van der Waals surface area contributed by atoms with Gasteiger partial charge >= 0.3 is 5.97 Å². The summed E-state index contributed by atoms with van der Waals surface area (Å²) in [4.78, 5) is 11.2. The fraction of sp³-hybridized carbons (Fsp3) is 0.308. The van der Waals surface area contributed by atoms with Gasteiger partial charge in [-0.05, 0) is 19.9 Å². The first kappa shape index (κ1) is 12.3. The van der Waals surface area contributed by atoms with Crippen LogP contribution in [0.3, 0.4) is 0 Å². The van der Waals surface area contributed by atoms with Gasteiger partial charge in [0.15, 0.2) is 6.10 Å². The lowest BCUT2D eigenvalue weighted by atomic mass is 10.2. The van der Waals surface area contributed by atoms with E-state index in [1.165, 1.54) is 7.11 Å². The van der Waals surface area contributed by atoms with Crippen LogP contribution in [0.1, 0.15) is 19.4 Å². The number of hydrogen-bond acceptors (Lipinski definition) is 3. The van der Waals surface area contributed by atoms with Gasteiger partial charge in [0, 0.05) is 5.56 Å². The van der Waals surface area contributed by atoms with Crippen molar-refractivity contribution in [2.24, 2.45) is 0 Å². The summed E-state index contributed by atoms with van der Waals surface area (Å²) in [5.74, 6) is 0.300. The fourth-order valence-corrected chi connectivity index (χ4v) is 1.31. The van der Waals surface area contributed by atoms with Crippen LogP contribution in [0.15, 0.2) is 30.3 Å². The Morgan fingerprint density at radius 3 is 2.69 bits per heavy atom. The standard InChI is InChI=1S/C13H16O3/c1-4-7-11-8-5-6-9-12(11)16-10(2)13(14)15-3/h4-10H,1-3H3/b7-4-. The normalized spacial score (nSPS) is 12.4. The lowest BCUT2D eigenvalue weighted by Crippen LogP contribution is -2.25. The average Bonchev–Trinajstić information content (AvgIpc) is 2.31. The van der Waals surface area contributed by atoms with E-state index in [0.717, 1.165) is 5.56 Å². The number of allylic oxidation sites excluding steroid dienone is 1. The number of para-hydroxylation sites is 1. The van der Waals surface area contributed by atoms with Gasteiger partial charge in [-0.1, -0.05) is 30.4 Å². The SMILES string of the molecule is C/C=C\c1ccccc1OC(C)C(=O)OC. The Morgan fingerprint density at radius 2 is 2.06 bits per heavy atom. The van der Waals surface area contributed by atoms with Crippen molar-refractivity contribution in [1.82, 2.24) is 0 Å². The minimum Gasteiger partial charge on any atom is -0.478 e. The first-order valence-corrected chi connectivity index (χ1v) is 5.15. The molecule has 0 saturated heterocycles. The van der Waals surface area contributed by atoms with E-state index >= 15 is 0 Å². The zero-order chi connectivity index (χ0) is 12.0. The maximum atomic E-state index is 11.2. The van der Waals surface area contributed by atoms with Gasteiger partial charge in [0.1, 0.15) is 5.75 Å². The molecule has 0 aromatic heterocycles. The largest absolute Gasteiger partial charge is 0.478 e. The number of benzene rings is 1. The molecule has 1 atom stereocenters. The van der Waals surface area contributed by atoms with Gasteiger partial charge < -0.3 is 9.47 Å². The van der Waals surface area contributed by atoms with Gasteiger partial charge in [-0.2, -0.15) is 0 Å². The van der Waals surface area contributed by atoms with E-state index in [2.05, 4.69) is 4.74 Å². The van der Waals surface area contributed by atoms with Crippen LogP contribution in [-0.2, 0) is 9.53 Å². The number of hydrogen-bond donors (Lipinski definition) is 0. The van der Waals surface area contributed by atoms with E-state index in [0.29, 0.717) is 5.75 Å². The fourth-order valence-electron chi connectivity index (χ4n) is 1.31. The van der Waals surface area contributed by atoms with Gasteiger partial charge in [-0.15, -0.1) is 0 Å². The van der Waals surface area contributed by atoms with Crippen LogP contribution in [0.5, 0.6) is 5.75 Å². The quantitative estimate of drug-likeness (QED) is 0.732. The molecule has 0 bridgehead atoms. The van der Waals surface area contributed by atoms with E-state index in [1.807, 2.05) is 43.3 Å². The molecule has 86 valence electrons. The first-order valence-electron chi connectivity index (χ1n) is 5.15. The van der Waals surface area contributed by atoms with Gasteiger partial charge in [0.2, 0.25) is 0 Å². The Balaban J connectivity index is 2.84. The third kappa shape index (κ3) is 3.12. The Kier molecular flexibility index (Phi) is 4.58. The number of methoxy groups -OCH3 is 1. The van der Waals surface area contributed by atoms with Crippen molar-refractivity contribution in [3.05, 3.63) is 35.9 Å². The van der Waals surface area contributed by atoms with E-state index < -0.39 is 6.10 Å². The second-order valence-electron chi connectivity index (χ2n) is 3.32. The molecule has 0 amide bonds. The third-order valence-corrected chi connectivity index (χ3v) is 2.10. The highest BCUT2D eigenvalue weighted by atomic mass is 16.6. The number of esters is 1. The second kappa shape index (κ2) is 5.95. The number of ether oxygens (including phenoxy) is 2. The zero-order valence-electron chi connectivity index (χ0n) is 9.77. The van der Waals surface area contributed by atoms with E-state index in [-0.39, 0.29) is 5.97 Å². The molecule has 0 fully saturated rings. The average molecular weight is 220 g/mol.